The van der Waals surface area contributed by atoms with Gasteiger partial charge in [0.25, 0.3) is 0 Å². The Labute approximate surface area is 120 Å². The van der Waals surface area contributed by atoms with Crippen LogP contribution in [-0.4, -0.2) is 54.3 Å². The highest BCUT2D eigenvalue weighted by Crippen LogP contribution is 2.31. The van der Waals surface area contributed by atoms with Crippen LogP contribution in [0.4, 0.5) is 0 Å². The zero-order valence-electron chi connectivity index (χ0n) is 12.0. The quantitative estimate of drug-likeness (QED) is 0.837. The summed E-state index contributed by atoms with van der Waals surface area (Å²) in [6, 6.07) is 4.50. The topological polar surface area (TPSA) is 31.7 Å². The van der Waals surface area contributed by atoms with Gasteiger partial charge in [0.15, 0.2) is 0 Å². The summed E-state index contributed by atoms with van der Waals surface area (Å²) in [6.45, 7) is 1.99. The van der Waals surface area contributed by atoms with E-state index in [0.29, 0.717) is 6.04 Å². The van der Waals surface area contributed by atoms with Crippen LogP contribution in [0.5, 0.6) is 0 Å². The molecule has 1 atom stereocenters. The molecule has 20 heavy (non-hydrogen) atoms. The van der Waals surface area contributed by atoms with Gasteiger partial charge in [0.05, 0.1) is 12.3 Å². The van der Waals surface area contributed by atoms with Crippen molar-refractivity contribution < 1.29 is 0 Å². The minimum Gasteiger partial charge on any atom is -0.308 e. The van der Waals surface area contributed by atoms with Gasteiger partial charge >= 0.3 is 0 Å². The highest BCUT2D eigenvalue weighted by Gasteiger charge is 2.28. The summed E-state index contributed by atoms with van der Waals surface area (Å²) in [5.74, 6) is 0. The fraction of sp³-hybridized carbons (Fsp3) is 0.375. The molecule has 3 rings (SSSR count). The van der Waals surface area contributed by atoms with Crippen LogP contribution in [0.25, 0.3) is 5.57 Å². The molecule has 1 aromatic rings. The summed E-state index contributed by atoms with van der Waals surface area (Å²) >= 11 is 0. The van der Waals surface area contributed by atoms with Crippen molar-refractivity contribution in [2.75, 3.05) is 27.2 Å². The third-order valence-corrected chi connectivity index (χ3v) is 3.80. The van der Waals surface area contributed by atoms with E-state index >= 15 is 0 Å². The second-order valence-corrected chi connectivity index (χ2v) is 5.53. The second-order valence-electron chi connectivity index (χ2n) is 5.53. The Kier molecular flexibility index (Phi) is 3.65. The van der Waals surface area contributed by atoms with Crippen molar-refractivity contribution in [3.63, 3.8) is 0 Å². The number of rotatable bonds is 4. The second kappa shape index (κ2) is 5.59. The highest BCUT2D eigenvalue weighted by atomic mass is 15.5. The van der Waals surface area contributed by atoms with E-state index in [0.717, 1.165) is 19.5 Å². The van der Waals surface area contributed by atoms with E-state index in [4.69, 9.17) is 0 Å². The molecule has 4 nitrogen and oxygen atoms in total. The molecule has 1 aliphatic heterocycles. The standard InChI is InChI=1S/C16H20N4/c1-19(2)8-9-20-16-10-13(5-6-15(16)12-18-20)14-4-3-7-17-11-14/h3-7,11-12,16H,8-10H2,1-2H3. The van der Waals surface area contributed by atoms with E-state index in [2.05, 4.69) is 52.3 Å². The van der Waals surface area contributed by atoms with Crippen LogP contribution in [0.15, 0.2) is 47.4 Å². The van der Waals surface area contributed by atoms with Gasteiger partial charge in [-0.25, -0.2) is 0 Å². The molecule has 2 aliphatic rings. The van der Waals surface area contributed by atoms with Crippen LogP contribution in [-0.2, 0) is 0 Å². The number of fused-ring (bicyclic) bond motifs is 1. The molecule has 0 saturated carbocycles. The van der Waals surface area contributed by atoms with Gasteiger partial charge in [-0.05, 0) is 43.3 Å². The minimum absolute atomic E-state index is 0.384. The normalized spacial score (nSPS) is 20.9. The molecule has 0 spiro atoms. The molecule has 0 bridgehead atoms. The fourth-order valence-corrected chi connectivity index (χ4v) is 2.61. The van der Waals surface area contributed by atoms with Gasteiger partial charge in [0.1, 0.15) is 0 Å². The van der Waals surface area contributed by atoms with Crippen molar-refractivity contribution in [1.29, 1.82) is 0 Å². The lowest BCUT2D eigenvalue weighted by Gasteiger charge is -2.28. The highest BCUT2D eigenvalue weighted by molar-refractivity contribution is 5.86. The number of aromatic nitrogens is 1. The Balaban J connectivity index is 1.74. The van der Waals surface area contributed by atoms with Crippen molar-refractivity contribution in [3.8, 4) is 0 Å². The maximum Gasteiger partial charge on any atom is 0.0776 e. The molecular weight excluding hydrogens is 248 g/mol. The lowest BCUT2D eigenvalue weighted by molar-refractivity contribution is 0.224. The first-order valence-corrected chi connectivity index (χ1v) is 7.00. The third-order valence-electron chi connectivity index (χ3n) is 3.80. The average molecular weight is 268 g/mol. The lowest BCUT2D eigenvalue weighted by Crippen LogP contribution is -2.34. The predicted octanol–water partition coefficient (Wildman–Crippen LogP) is 2.03. The lowest BCUT2D eigenvalue weighted by atomic mass is 9.90. The van der Waals surface area contributed by atoms with Gasteiger partial charge in [0.2, 0.25) is 0 Å². The minimum atomic E-state index is 0.384. The van der Waals surface area contributed by atoms with Crippen molar-refractivity contribution in [1.82, 2.24) is 14.9 Å². The maximum absolute atomic E-state index is 4.54. The molecule has 0 saturated heterocycles. The Hall–Kier alpha value is -1.94. The Morgan fingerprint density at radius 3 is 3.00 bits per heavy atom. The SMILES string of the molecule is CN(C)CCN1N=CC2=CC=C(c3cccnc3)CC21. The molecule has 0 radical (unpaired) electrons. The summed E-state index contributed by atoms with van der Waals surface area (Å²) in [5, 5.41) is 6.75. The van der Waals surface area contributed by atoms with Crippen LogP contribution in [0, 0.1) is 0 Å². The summed E-state index contributed by atoms with van der Waals surface area (Å²) in [4.78, 5) is 6.40. The van der Waals surface area contributed by atoms with Crippen LogP contribution in [0.2, 0.25) is 0 Å². The molecule has 1 aliphatic carbocycles. The number of hydrazone groups is 1. The Morgan fingerprint density at radius 1 is 1.35 bits per heavy atom. The number of hydrogen-bond donors (Lipinski definition) is 0. The summed E-state index contributed by atoms with van der Waals surface area (Å²) < 4.78 is 0. The van der Waals surface area contributed by atoms with Gasteiger partial charge in [-0.15, -0.1) is 0 Å². The van der Waals surface area contributed by atoms with Gasteiger partial charge in [-0.1, -0.05) is 18.2 Å². The molecule has 104 valence electrons. The van der Waals surface area contributed by atoms with Crippen LogP contribution in [0.1, 0.15) is 12.0 Å². The largest absolute Gasteiger partial charge is 0.308 e. The zero-order chi connectivity index (χ0) is 13.9. The van der Waals surface area contributed by atoms with Gasteiger partial charge in [0, 0.05) is 25.5 Å². The molecule has 0 N–H and O–H groups in total. The van der Waals surface area contributed by atoms with E-state index in [1.54, 1.807) is 0 Å². The van der Waals surface area contributed by atoms with Crippen LogP contribution in [0.3, 0.4) is 0 Å². The van der Waals surface area contributed by atoms with Gasteiger partial charge in [-0.2, -0.15) is 5.10 Å². The summed E-state index contributed by atoms with van der Waals surface area (Å²) in [6.07, 6.45) is 11.1. The van der Waals surface area contributed by atoms with Crippen LogP contribution < -0.4 is 0 Å². The Bertz CT molecular complexity index is 557. The molecular formula is C16H20N4. The van der Waals surface area contributed by atoms with E-state index < -0.39 is 0 Å². The molecule has 0 aromatic carbocycles. The zero-order valence-corrected chi connectivity index (χ0v) is 12.0. The third kappa shape index (κ3) is 2.65. The number of pyridine rings is 1. The number of hydrogen-bond acceptors (Lipinski definition) is 4. The number of allylic oxidation sites excluding steroid dienone is 2. The van der Waals surface area contributed by atoms with E-state index in [-0.39, 0.29) is 0 Å². The summed E-state index contributed by atoms with van der Waals surface area (Å²) in [7, 11) is 4.19. The maximum atomic E-state index is 4.54. The molecule has 2 heterocycles. The predicted molar refractivity (Wildman–Crippen MR) is 82.5 cm³/mol. The van der Waals surface area contributed by atoms with E-state index in [1.807, 2.05) is 24.7 Å². The molecule has 1 aromatic heterocycles. The molecule has 0 amide bonds. The smallest absolute Gasteiger partial charge is 0.0776 e. The van der Waals surface area contributed by atoms with Crippen molar-refractivity contribution in [3.05, 3.63) is 47.8 Å². The molecule has 4 heteroatoms. The molecule has 0 fully saturated rings. The first kappa shape index (κ1) is 13.1. The molecule has 1 unspecified atom stereocenters. The van der Waals surface area contributed by atoms with E-state index in [1.165, 1.54) is 16.7 Å². The van der Waals surface area contributed by atoms with Crippen molar-refractivity contribution in [2.24, 2.45) is 5.10 Å². The van der Waals surface area contributed by atoms with Crippen LogP contribution >= 0.6 is 0 Å². The number of likely N-dealkylation sites (N-methyl/N-ethyl adjacent to an activating group) is 1. The van der Waals surface area contributed by atoms with E-state index in [9.17, 15) is 0 Å². The average Bonchev–Trinajstić information content (AvgIpc) is 2.88. The fourth-order valence-electron chi connectivity index (χ4n) is 2.61. The number of nitrogens with zero attached hydrogens (tertiary/aromatic N) is 4. The van der Waals surface area contributed by atoms with Gasteiger partial charge < -0.3 is 4.90 Å². The Morgan fingerprint density at radius 2 is 2.25 bits per heavy atom. The first-order valence-electron chi connectivity index (χ1n) is 7.00. The van der Waals surface area contributed by atoms with Gasteiger partial charge in [-0.3, -0.25) is 9.99 Å². The first-order chi connectivity index (χ1) is 9.74. The summed E-state index contributed by atoms with van der Waals surface area (Å²) in [5.41, 5.74) is 3.87. The van der Waals surface area contributed by atoms with Crippen molar-refractivity contribution in [2.45, 2.75) is 12.5 Å². The monoisotopic (exact) mass is 268 g/mol. The van der Waals surface area contributed by atoms with Crippen molar-refractivity contribution >= 4 is 11.8 Å².